The van der Waals surface area contributed by atoms with Gasteiger partial charge in [-0.05, 0) is 37.7 Å². The maximum atomic E-state index is 5.91. The molecular formula is C11H19N3. The number of rotatable bonds is 4. The maximum Gasteiger partial charge on any atom is 0.0350 e. The zero-order chi connectivity index (χ0) is 10.6. The Hall–Kier alpha value is -1.06. The van der Waals surface area contributed by atoms with Crippen molar-refractivity contribution in [2.45, 2.75) is 13.0 Å². The van der Waals surface area contributed by atoms with Gasteiger partial charge in [0.05, 0.1) is 0 Å². The van der Waals surface area contributed by atoms with Crippen LogP contribution < -0.4 is 11.5 Å². The van der Waals surface area contributed by atoms with Crippen molar-refractivity contribution in [3.8, 4) is 0 Å². The summed E-state index contributed by atoms with van der Waals surface area (Å²) in [6, 6.07) is 6.08. The molecule has 0 fully saturated rings. The van der Waals surface area contributed by atoms with Crippen LogP contribution in [0, 0.1) is 0 Å². The number of hydrogen-bond donors (Lipinski definition) is 2. The summed E-state index contributed by atoms with van der Waals surface area (Å²) in [5, 5.41) is 0. The van der Waals surface area contributed by atoms with Gasteiger partial charge < -0.3 is 16.4 Å². The number of nitrogens with zero attached hydrogens (tertiary/aromatic N) is 1. The van der Waals surface area contributed by atoms with Crippen molar-refractivity contribution in [3.05, 3.63) is 29.3 Å². The van der Waals surface area contributed by atoms with Crippen LogP contribution >= 0.6 is 0 Å². The number of likely N-dealkylation sites (N-methyl/N-ethyl adjacent to an activating group) is 1. The van der Waals surface area contributed by atoms with Crippen LogP contribution in [-0.4, -0.2) is 25.5 Å². The lowest BCUT2D eigenvalue weighted by Crippen LogP contribution is -2.15. The van der Waals surface area contributed by atoms with Crippen molar-refractivity contribution in [1.29, 1.82) is 0 Å². The van der Waals surface area contributed by atoms with Crippen LogP contribution in [0.25, 0.3) is 0 Å². The number of nitrogens with two attached hydrogens (primary N) is 2. The van der Waals surface area contributed by atoms with Gasteiger partial charge >= 0.3 is 0 Å². The van der Waals surface area contributed by atoms with Gasteiger partial charge in [-0.2, -0.15) is 0 Å². The van der Waals surface area contributed by atoms with Gasteiger partial charge in [-0.3, -0.25) is 0 Å². The molecule has 14 heavy (non-hydrogen) atoms. The summed E-state index contributed by atoms with van der Waals surface area (Å²) in [4.78, 5) is 2.15. The molecule has 0 spiro atoms. The third kappa shape index (κ3) is 3.01. The van der Waals surface area contributed by atoms with E-state index in [1.165, 1.54) is 5.56 Å². The zero-order valence-electron chi connectivity index (χ0n) is 8.96. The van der Waals surface area contributed by atoms with E-state index in [2.05, 4.69) is 25.1 Å². The van der Waals surface area contributed by atoms with Crippen molar-refractivity contribution in [2.24, 2.45) is 5.73 Å². The van der Waals surface area contributed by atoms with Crippen LogP contribution in [0.4, 0.5) is 5.69 Å². The van der Waals surface area contributed by atoms with Crippen LogP contribution in [0.3, 0.4) is 0 Å². The molecule has 0 heterocycles. The Balaban J connectivity index is 2.69. The fraction of sp³-hybridized carbons (Fsp3) is 0.455. The van der Waals surface area contributed by atoms with E-state index < -0.39 is 0 Å². The van der Waals surface area contributed by atoms with E-state index in [9.17, 15) is 0 Å². The Labute approximate surface area is 85.7 Å². The Morgan fingerprint density at radius 1 is 1.29 bits per heavy atom. The third-order valence-electron chi connectivity index (χ3n) is 2.27. The van der Waals surface area contributed by atoms with Crippen molar-refractivity contribution in [3.63, 3.8) is 0 Å². The first-order valence-corrected chi connectivity index (χ1v) is 4.85. The van der Waals surface area contributed by atoms with Crippen molar-refractivity contribution in [2.75, 3.05) is 26.4 Å². The molecule has 1 aromatic rings. The maximum absolute atomic E-state index is 5.91. The predicted molar refractivity (Wildman–Crippen MR) is 61.0 cm³/mol. The minimum Gasteiger partial charge on any atom is -0.398 e. The van der Waals surface area contributed by atoms with Crippen LogP contribution in [0.15, 0.2) is 18.2 Å². The number of benzene rings is 1. The minimum absolute atomic E-state index is 0.554. The molecule has 0 aliphatic rings. The largest absolute Gasteiger partial charge is 0.398 e. The number of nitrogen functional groups attached to an aromatic ring is 1. The summed E-state index contributed by atoms with van der Waals surface area (Å²) in [5.41, 5.74) is 14.6. The van der Waals surface area contributed by atoms with Crippen LogP contribution in [-0.2, 0) is 13.0 Å². The zero-order valence-corrected chi connectivity index (χ0v) is 8.96. The molecule has 0 saturated heterocycles. The third-order valence-corrected chi connectivity index (χ3v) is 2.27. The van der Waals surface area contributed by atoms with Crippen molar-refractivity contribution in [1.82, 2.24) is 4.90 Å². The summed E-state index contributed by atoms with van der Waals surface area (Å²) in [5.74, 6) is 0. The lowest BCUT2D eigenvalue weighted by Gasteiger charge is -2.11. The van der Waals surface area contributed by atoms with Gasteiger partial charge in [0.1, 0.15) is 0 Å². The van der Waals surface area contributed by atoms with Gasteiger partial charge in [0.2, 0.25) is 0 Å². The summed E-state index contributed by atoms with van der Waals surface area (Å²) in [7, 11) is 4.12. The molecular weight excluding hydrogens is 174 g/mol. The van der Waals surface area contributed by atoms with Crippen molar-refractivity contribution >= 4 is 5.69 Å². The second-order valence-electron chi connectivity index (χ2n) is 3.79. The Morgan fingerprint density at radius 2 is 2.00 bits per heavy atom. The van der Waals surface area contributed by atoms with E-state index in [1.54, 1.807) is 0 Å². The van der Waals surface area contributed by atoms with E-state index in [0.717, 1.165) is 24.2 Å². The SMILES string of the molecule is CN(C)CCc1ccc(CN)cc1N. The lowest BCUT2D eigenvalue weighted by atomic mass is 10.1. The molecule has 1 aromatic carbocycles. The second-order valence-corrected chi connectivity index (χ2v) is 3.79. The van der Waals surface area contributed by atoms with Gasteiger partial charge in [0, 0.05) is 18.8 Å². The fourth-order valence-electron chi connectivity index (χ4n) is 1.34. The minimum atomic E-state index is 0.554. The highest BCUT2D eigenvalue weighted by Gasteiger charge is 2.00. The van der Waals surface area contributed by atoms with E-state index in [0.29, 0.717) is 6.54 Å². The van der Waals surface area contributed by atoms with Gasteiger partial charge in [0.15, 0.2) is 0 Å². The molecule has 0 aliphatic heterocycles. The van der Waals surface area contributed by atoms with E-state index >= 15 is 0 Å². The first-order chi connectivity index (χ1) is 6.63. The van der Waals surface area contributed by atoms with Gasteiger partial charge in [-0.1, -0.05) is 12.1 Å². The Bertz CT molecular complexity index is 295. The standard InChI is InChI=1S/C11H19N3/c1-14(2)6-5-10-4-3-9(8-12)7-11(10)13/h3-4,7H,5-6,8,12-13H2,1-2H3. The van der Waals surface area contributed by atoms with Crippen LogP contribution in [0.2, 0.25) is 0 Å². The molecule has 0 radical (unpaired) electrons. The lowest BCUT2D eigenvalue weighted by molar-refractivity contribution is 0.414. The molecule has 0 bridgehead atoms. The second kappa shape index (κ2) is 4.98. The first kappa shape index (κ1) is 11.0. The quantitative estimate of drug-likeness (QED) is 0.696. The molecule has 0 aromatic heterocycles. The summed E-state index contributed by atoms with van der Waals surface area (Å²) in [6.07, 6.45) is 0.990. The molecule has 1 rings (SSSR count). The molecule has 0 aliphatic carbocycles. The van der Waals surface area contributed by atoms with Gasteiger partial charge in [-0.25, -0.2) is 0 Å². The Kier molecular flexibility index (Phi) is 3.92. The predicted octanol–water partition coefficient (Wildman–Crippen LogP) is 0.832. The topological polar surface area (TPSA) is 55.3 Å². The van der Waals surface area contributed by atoms with E-state index in [1.807, 2.05) is 12.1 Å². The molecule has 3 nitrogen and oxygen atoms in total. The average molecular weight is 193 g/mol. The van der Waals surface area contributed by atoms with Gasteiger partial charge in [0.25, 0.3) is 0 Å². The molecule has 0 atom stereocenters. The molecule has 78 valence electrons. The molecule has 4 N–H and O–H groups in total. The van der Waals surface area contributed by atoms with E-state index in [-0.39, 0.29) is 0 Å². The highest BCUT2D eigenvalue weighted by molar-refractivity contribution is 5.49. The van der Waals surface area contributed by atoms with E-state index in [4.69, 9.17) is 11.5 Å². The average Bonchev–Trinajstić information content (AvgIpc) is 2.15. The molecule has 3 heteroatoms. The first-order valence-electron chi connectivity index (χ1n) is 4.85. The van der Waals surface area contributed by atoms with Crippen molar-refractivity contribution < 1.29 is 0 Å². The molecule has 0 unspecified atom stereocenters. The molecule has 0 amide bonds. The summed E-state index contributed by atoms with van der Waals surface area (Å²) in [6.45, 7) is 1.57. The molecule has 0 saturated carbocycles. The number of hydrogen-bond acceptors (Lipinski definition) is 3. The Morgan fingerprint density at radius 3 is 2.50 bits per heavy atom. The van der Waals surface area contributed by atoms with Crippen LogP contribution in [0.5, 0.6) is 0 Å². The monoisotopic (exact) mass is 193 g/mol. The fourth-order valence-corrected chi connectivity index (χ4v) is 1.34. The smallest absolute Gasteiger partial charge is 0.0350 e. The normalized spacial score (nSPS) is 10.9. The highest BCUT2D eigenvalue weighted by Crippen LogP contribution is 2.14. The summed E-state index contributed by atoms with van der Waals surface area (Å²) >= 11 is 0. The van der Waals surface area contributed by atoms with Gasteiger partial charge in [-0.15, -0.1) is 0 Å². The number of anilines is 1. The highest BCUT2D eigenvalue weighted by atomic mass is 15.0. The van der Waals surface area contributed by atoms with Crippen LogP contribution in [0.1, 0.15) is 11.1 Å². The summed E-state index contributed by atoms with van der Waals surface area (Å²) < 4.78 is 0.